The highest BCUT2D eigenvalue weighted by atomic mass is 16.5. The Morgan fingerprint density at radius 2 is 1.10 bits per heavy atom. The minimum atomic E-state index is 0.00264. The Morgan fingerprint density at radius 1 is 0.583 bits per heavy atom. The predicted octanol–water partition coefficient (Wildman–Crippen LogP) is 4.33. The Kier molecular flexibility index (Phi) is 10.00. The standard InChI is InChI=1S/C38H46N6O4/c45-36(31-11-15-43(16-12-31)38(47)44-23-25-48-26-24-44)41-17-13-33(14-18-41)40-19-21-42(22-20-40)37(46)32-27-34(29-7-3-1-4-8-29)39-35(28-32)30-9-5-2-6-10-30/h1-10,27-28,31,33H,11-26H2. The van der Waals surface area contributed by atoms with E-state index >= 15 is 0 Å². The molecular formula is C38H46N6O4. The average molecular weight is 651 g/mol. The molecule has 10 heteroatoms. The Hall–Kier alpha value is -4.28. The van der Waals surface area contributed by atoms with Gasteiger partial charge in [-0.05, 0) is 37.8 Å². The number of pyridine rings is 1. The summed E-state index contributed by atoms with van der Waals surface area (Å²) in [4.78, 5) is 55.4. The SMILES string of the molecule is O=C(c1cc(-c2ccccc2)nc(-c2ccccc2)c1)N1CCN(C2CCN(C(=O)C3CCN(C(=O)N4CCOCC4)CC3)CC2)CC1. The number of ether oxygens (including phenoxy) is 1. The summed E-state index contributed by atoms with van der Waals surface area (Å²) in [7, 11) is 0. The van der Waals surface area contributed by atoms with Crippen LogP contribution in [0.15, 0.2) is 72.8 Å². The van der Waals surface area contributed by atoms with Gasteiger partial charge in [0.1, 0.15) is 0 Å². The molecule has 48 heavy (non-hydrogen) atoms. The second kappa shape index (κ2) is 14.9. The molecule has 5 heterocycles. The van der Waals surface area contributed by atoms with Gasteiger partial charge in [0.05, 0.1) is 24.6 Å². The first-order valence-electron chi connectivity index (χ1n) is 17.6. The van der Waals surface area contributed by atoms with Crippen LogP contribution in [0.5, 0.6) is 0 Å². The number of morpholine rings is 1. The van der Waals surface area contributed by atoms with E-state index in [1.807, 2.05) is 87.5 Å². The summed E-state index contributed by atoms with van der Waals surface area (Å²) in [6, 6.07) is 24.4. The first-order valence-corrected chi connectivity index (χ1v) is 17.6. The fraction of sp³-hybridized carbons (Fsp3) is 0.474. The molecule has 4 fully saturated rings. The van der Waals surface area contributed by atoms with E-state index in [1.165, 1.54) is 0 Å². The molecule has 0 saturated carbocycles. The van der Waals surface area contributed by atoms with E-state index in [-0.39, 0.29) is 23.8 Å². The van der Waals surface area contributed by atoms with Crippen LogP contribution in [0.25, 0.3) is 22.5 Å². The molecule has 0 spiro atoms. The number of hydrogen-bond acceptors (Lipinski definition) is 6. The maximum atomic E-state index is 13.9. The molecule has 0 bridgehead atoms. The molecule has 252 valence electrons. The van der Waals surface area contributed by atoms with E-state index in [0.717, 1.165) is 74.4 Å². The highest BCUT2D eigenvalue weighted by Gasteiger charge is 2.35. The zero-order valence-corrected chi connectivity index (χ0v) is 27.7. The van der Waals surface area contributed by atoms with E-state index in [4.69, 9.17) is 9.72 Å². The van der Waals surface area contributed by atoms with Crippen molar-refractivity contribution in [3.63, 3.8) is 0 Å². The lowest BCUT2D eigenvalue weighted by Gasteiger charge is -2.43. The van der Waals surface area contributed by atoms with Crippen molar-refractivity contribution in [2.45, 2.75) is 31.7 Å². The second-order valence-electron chi connectivity index (χ2n) is 13.4. The molecule has 4 amide bonds. The number of nitrogens with zero attached hydrogens (tertiary/aromatic N) is 6. The number of hydrogen-bond donors (Lipinski definition) is 0. The Balaban J connectivity index is 0.905. The molecule has 2 aromatic carbocycles. The highest BCUT2D eigenvalue weighted by Crippen LogP contribution is 2.28. The molecule has 0 aliphatic carbocycles. The van der Waals surface area contributed by atoms with E-state index in [0.29, 0.717) is 64.1 Å². The van der Waals surface area contributed by atoms with Gasteiger partial charge in [0.15, 0.2) is 0 Å². The number of benzene rings is 2. The highest BCUT2D eigenvalue weighted by molar-refractivity contribution is 5.96. The van der Waals surface area contributed by atoms with Gasteiger partial charge in [-0.3, -0.25) is 14.5 Å². The largest absolute Gasteiger partial charge is 0.378 e. The summed E-state index contributed by atoms with van der Waals surface area (Å²) in [5.74, 6) is 0.303. The molecule has 10 nitrogen and oxygen atoms in total. The fourth-order valence-corrected chi connectivity index (χ4v) is 7.62. The molecule has 0 atom stereocenters. The predicted molar refractivity (Wildman–Crippen MR) is 184 cm³/mol. The summed E-state index contributed by atoms with van der Waals surface area (Å²) in [6.45, 7) is 8.37. The number of urea groups is 1. The third-order valence-corrected chi connectivity index (χ3v) is 10.5. The van der Waals surface area contributed by atoms with Crippen molar-refractivity contribution in [3.05, 3.63) is 78.4 Å². The van der Waals surface area contributed by atoms with E-state index in [1.54, 1.807) is 0 Å². The van der Waals surface area contributed by atoms with Crippen LogP contribution in [0.4, 0.5) is 4.79 Å². The van der Waals surface area contributed by atoms with Gasteiger partial charge >= 0.3 is 6.03 Å². The number of carbonyl (C=O) groups is 3. The minimum absolute atomic E-state index is 0.00264. The van der Waals surface area contributed by atoms with Crippen molar-refractivity contribution >= 4 is 17.8 Å². The third kappa shape index (κ3) is 7.24. The van der Waals surface area contributed by atoms with Crippen molar-refractivity contribution < 1.29 is 19.1 Å². The van der Waals surface area contributed by atoms with E-state index in [2.05, 4.69) is 9.80 Å². The molecule has 4 aliphatic rings. The maximum absolute atomic E-state index is 13.9. The number of piperidine rings is 2. The Morgan fingerprint density at radius 3 is 1.67 bits per heavy atom. The summed E-state index contributed by atoms with van der Waals surface area (Å²) >= 11 is 0. The van der Waals surface area contributed by atoms with Crippen LogP contribution in [0.1, 0.15) is 36.0 Å². The molecule has 0 N–H and O–H groups in total. The molecule has 3 aromatic rings. The fourth-order valence-electron chi connectivity index (χ4n) is 7.62. The Labute approximate surface area is 283 Å². The van der Waals surface area contributed by atoms with Crippen molar-refractivity contribution in [2.75, 3.05) is 78.7 Å². The summed E-state index contributed by atoms with van der Waals surface area (Å²) in [5, 5.41) is 0. The van der Waals surface area contributed by atoms with Gasteiger partial charge in [0.25, 0.3) is 5.91 Å². The van der Waals surface area contributed by atoms with Gasteiger partial charge in [-0.1, -0.05) is 60.7 Å². The van der Waals surface area contributed by atoms with Crippen LogP contribution >= 0.6 is 0 Å². The Bertz CT molecular complexity index is 1500. The van der Waals surface area contributed by atoms with Crippen molar-refractivity contribution in [2.24, 2.45) is 5.92 Å². The van der Waals surface area contributed by atoms with Crippen molar-refractivity contribution in [1.82, 2.24) is 29.5 Å². The van der Waals surface area contributed by atoms with E-state index in [9.17, 15) is 14.4 Å². The number of rotatable bonds is 5. The van der Waals surface area contributed by atoms with Crippen molar-refractivity contribution in [3.8, 4) is 22.5 Å². The first-order chi connectivity index (χ1) is 23.5. The van der Waals surface area contributed by atoms with Gasteiger partial charge in [-0.15, -0.1) is 0 Å². The summed E-state index contributed by atoms with van der Waals surface area (Å²) < 4.78 is 5.38. The molecule has 7 rings (SSSR count). The molecule has 0 unspecified atom stereocenters. The number of amides is 4. The second-order valence-corrected chi connectivity index (χ2v) is 13.4. The summed E-state index contributed by atoms with van der Waals surface area (Å²) in [6.07, 6.45) is 3.39. The maximum Gasteiger partial charge on any atom is 0.320 e. The van der Waals surface area contributed by atoms with Crippen LogP contribution < -0.4 is 0 Å². The number of carbonyl (C=O) groups excluding carboxylic acids is 3. The monoisotopic (exact) mass is 650 g/mol. The summed E-state index contributed by atoms with van der Waals surface area (Å²) in [5.41, 5.74) is 4.24. The number of likely N-dealkylation sites (tertiary alicyclic amines) is 2. The molecule has 0 radical (unpaired) electrons. The van der Waals surface area contributed by atoms with Crippen LogP contribution in [0.3, 0.4) is 0 Å². The van der Waals surface area contributed by atoms with Gasteiger partial charge in [0, 0.05) is 94.1 Å². The average Bonchev–Trinajstić information content (AvgIpc) is 3.18. The minimum Gasteiger partial charge on any atom is -0.378 e. The van der Waals surface area contributed by atoms with Gasteiger partial charge in [-0.2, -0.15) is 0 Å². The van der Waals surface area contributed by atoms with Gasteiger partial charge in [0.2, 0.25) is 5.91 Å². The van der Waals surface area contributed by atoms with Crippen LogP contribution in [0.2, 0.25) is 0 Å². The van der Waals surface area contributed by atoms with Gasteiger partial charge in [-0.25, -0.2) is 9.78 Å². The third-order valence-electron chi connectivity index (χ3n) is 10.5. The zero-order chi connectivity index (χ0) is 32.9. The van der Waals surface area contributed by atoms with Crippen LogP contribution in [-0.2, 0) is 9.53 Å². The molecular weight excluding hydrogens is 604 g/mol. The van der Waals surface area contributed by atoms with Crippen LogP contribution in [-0.4, -0.2) is 132 Å². The molecule has 4 saturated heterocycles. The van der Waals surface area contributed by atoms with Crippen LogP contribution in [0, 0.1) is 5.92 Å². The number of aromatic nitrogens is 1. The first kappa shape index (κ1) is 32.3. The quantitative estimate of drug-likeness (QED) is 0.409. The molecule has 4 aliphatic heterocycles. The smallest absolute Gasteiger partial charge is 0.320 e. The lowest BCUT2D eigenvalue weighted by molar-refractivity contribution is -0.138. The van der Waals surface area contributed by atoms with Gasteiger partial charge < -0.3 is 24.3 Å². The lowest BCUT2D eigenvalue weighted by atomic mass is 9.93. The van der Waals surface area contributed by atoms with Crippen molar-refractivity contribution in [1.29, 1.82) is 0 Å². The lowest BCUT2D eigenvalue weighted by Crippen LogP contribution is -2.55. The number of piperazine rings is 1. The molecule has 1 aromatic heterocycles. The zero-order valence-electron chi connectivity index (χ0n) is 27.7. The normalized spacial score (nSPS) is 20.2. The topological polar surface area (TPSA) is 89.5 Å². The van der Waals surface area contributed by atoms with E-state index < -0.39 is 0 Å².